The quantitative estimate of drug-likeness (QED) is 0.794. The smallest absolute Gasteiger partial charge is 0.259 e. The van der Waals surface area contributed by atoms with E-state index in [1.54, 1.807) is 7.05 Å². The largest absolute Gasteiger partial charge is 0.389 e. The molecule has 110 valence electrons. The number of rotatable bonds is 1. The Morgan fingerprint density at radius 2 is 2.30 bits per heavy atom. The number of aromatic nitrogens is 2. The van der Waals surface area contributed by atoms with Crippen LogP contribution in [-0.2, 0) is 7.05 Å². The standard InChI is InChI=1S/C14H22N4O2/c1-17-12(15)11(8-16-17)13(19)18-7-6-14(20)5-3-2-4-10(14)9-18/h8,10,20H,2-7,9,15H2,1H3. The molecule has 6 nitrogen and oxygen atoms in total. The summed E-state index contributed by atoms with van der Waals surface area (Å²) in [5.74, 6) is 0.537. The normalized spacial score (nSPS) is 30.1. The van der Waals surface area contributed by atoms with Crippen molar-refractivity contribution in [3.8, 4) is 0 Å². The van der Waals surface area contributed by atoms with Crippen molar-refractivity contribution in [1.29, 1.82) is 0 Å². The Morgan fingerprint density at radius 1 is 1.50 bits per heavy atom. The third kappa shape index (κ3) is 2.08. The van der Waals surface area contributed by atoms with E-state index in [4.69, 9.17) is 5.73 Å². The number of aryl methyl sites for hydroxylation is 1. The number of nitrogens with two attached hydrogens (primary N) is 1. The third-order valence-corrected chi connectivity index (χ3v) is 4.93. The number of piperidine rings is 1. The first-order valence-electron chi connectivity index (χ1n) is 7.30. The van der Waals surface area contributed by atoms with Gasteiger partial charge in [-0.1, -0.05) is 12.8 Å². The summed E-state index contributed by atoms with van der Waals surface area (Å²) >= 11 is 0. The zero-order valence-electron chi connectivity index (χ0n) is 11.9. The second kappa shape index (κ2) is 4.77. The van der Waals surface area contributed by atoms with E-state index in [1.165, 1.54) is 10.9 Å². The van der Waals surface area contributed by atoms with Gasteiger partial charge in [-0.2, -0.15) is 5.10 Å². The number of anilines is 1. The van der Waals surface area contributed by atoms with Crippen molar-refractivity contribution in [1.82, 2.24) is 14.7 Å². The molecule has 1 aromatic heterocycles. The minimum Gasteiger partial charge on any atom is -0.389 e. The van der Waals surface area contributed by atoms with Gasteiger partial charge in [0.2, 0.25) is 0 Å². The molecule has 0 aromatic carbocycles. The van der Waals surface area contributed by atoms with Crippen LogP contribution in [-0.4, -0.2) is 44.4 Å². The number of nitrogen functional groups attached to an aromatic ring is 1. The highest BCUT2D eigenvalue weighted by Crippen LogP contribution is 2.40. The van der Waals surface area contributed by atoms with Crippen molar-refractivity contribution >= 4 is 11.7 Å². The first kappa shape index (κ1) is 13.4. The monoisotopic (exact) mass is 278 g/mol. The number of carbonyl (C=O) groups excluding carboxylic acids is 1. The molecule has 3 rings (SSSR count). The van der Waals surface area contributed by atoms with Gasteiger partial charge in [-0.25, -0.2) is 0 Å². The van der Waals surface area contributed by atoms with Crippen LogP contribution in [0.25, 0.3) is 0 Å². The van der Waals surface area contributed by atoms with E-state index in [0.29, 0.717) is 30.9 Å². The molecular weight excluding hydrogens is 256 g/mol. The molecule has 1 amide bonds. The van der Waals surface area contributed by atoms with Crippen LogP contribution in [0.15, 0.2) is 6.20 Å². The van der Waals surface area contributed by atoms with Gasteiger partial charge in [0.1, 0.15) is 11.4 Å². The van der Waals surface area contributed by atoms with Crippen molar-refractivity contribution in [3.05, 3.63) is 11.8 Å². The van der Waals surface area contributed by atoms with Gasteiger partial charge in [0.25, 0.3) is 5.91 Å². The molecule has 6 heteroatoms. The molecule has 0 spiro atoms. The summed E-state index contributed by atoms with van der Waals surface area (Å²) in [6.45, 7) is 1.23. The number of aliphatic hydroxyl groups is 1. The van der Waals surface area contributed by atoms with Crippen LogP contribution in [0.2, 0.25) is 0 Å². The predicted molar refractivity (Wildman–Crippen MR) is 75.0 cm³/mol. The second-order valence-electron chi connectivity index (χ2n) is 6.11. The topological polar surface area (TPSA) is 84.4 Å². The number of carbonyl (C=O) groups is 1. The lowest BCUT2D eigenvalue weighted by molar-refractivity contribution is -0.0886. The van der Waals surface area contributed by atoms with Crippen molar-refractivity contribution in [2.24, 2.45) is 13.0 Å². The number of nitrogens with zero attached hydrogens (tertiary/aromatic N) is 3. The fraction of sp³-hybridized carbons (Fsp3) is 0.714. The summed E-state index contributed by atoms with van der Waals surface area (Å²) in [6, 6.07) is 0. The van der Waals surface area contributed by atoms with Gasteiger partial charge >= 0.3 is 0 Å². The average Bonchev–Trinajstić information content (AvgIpc) is 2.77. The number of likely N-dealkylation sites (tertiary alicyclic amines) is 1. The van der Waals surface area contributed by atoms with Gasteiger partial charge in [-0.05, 0) is 19.3 Å². The lowest BCUT2D eigenvalue weighted by atomic mass is 9.71. The Morgan fingerprint density at radius 3 is 3.00 bits per heavy atom. The van der Waals surface area contributed by atoms with Crippen LogP contribution in [0.4, 0.5) is 5.82 Å². The van der Waals surface area contributed by atoms with Crippen molar-refractivity contribution < 1.29 is 9.90 Å². The zero-order valence-corrected chi connectivity index (χ0v) is 11.9. The van der Waals surface area contributed by atoms with Crippen LogP contribution >= 0.6 is 0 Å². The van der Waals surface area contributed by atoms with Crippen molar-refractivity contribution in [2.75, 3.05) is 18.8 Å². The molecule has 1 saturated carbocycles. The van der Waals surface area contributed by atoms with Gasteiger partial charge in [0.05, 0.1) is 11.8 Å². The Balaban J connectivity index is 1.76. The fourth-order valence-corrected chi connectivity index (χ4v) is 3.54. The molecule has 2 atom stereocenters. The van der Waals surface area contributed by atoms with Crippen molar-refractivity contribution in [2.45, 2.75) is 37.7 Å². The lowest BCUT2D eigenvalue weighted by Crippen LogP contribution is -2.54. The number of hydrogen-bond acceptors (Lipinski definition) is 4. The van der Waals surface area contributed by atoms with Gasteiger partial charge in [0.15, 0.2) is 0 Å². The van der Waals surface area contributed by atoms with Crippen LogP contribution < -0.4 is 5.73 Å². The maximum absolute atomic E-state index is 12.5. The Bertz CT molecular complexity index is 527. The summed E-state index contributed by atoms with van der Waals surface area (Å²) in [7, 11) is 1.72. The van der Waals surface area contributed by atoms with E-state index in [-0.39, 0.29) is 11.8 Å². The molecule has 2 unspecified atom stereocenters. The van der Waals surface area contributed by atoms with Gasteiger partial charge in [-0.15, -0.1) is 0 Å². The summed E-state index contributed by atoms with van der Waals surface area (Å²) in [4.78, 5) is 14.3. The highest BCUT2D eigenvalue weighted by atomic mass is 16.3. The lowest BCUT2D eigenvalue weighted by Gasteiger charge is -2.47. The maximum atomic E-state index is 12.5. The zero-order chi connectivity index (χ0) is 14.3. The summed E-state index contributed by atoms with van der Waals surface area (Å²) in [6.07, 6.45) is 6.31. The van der Waals surface area contributed by atoms with Crippen LogP contribution in [0.1, 0.15) is 42.5 Å². The molecule has 20 heavy (non-hydrogen) atoms. The van der Waals surface area contributed by atoms with E-state index in [1.807, 2.05) is 4.90 Å². The van der Waals surface area contributed by atoms with Crippen LogP contribution in [0.3, 0.4) is 0 Å². The summed E-state index contributed by atoms with van der Waals surface area (Å²) in [5.41, 5.74) is 5.78. The first-order valence-corrected chi connectivity index (χ1v) is 7.30. The number of amides is 1. The highest BCUT2D eigenvalue weighted by molar-refractivity contribution is 5.98. The minimum absolute atomic E-state index is 0.0665. The Hall–Kier alpha value is -1.56. The molecule has 0 bridgehead atoms. The number of hydrogen-bond donors (Lipinski definition) is 2. The molecule has 3 N–H and O–H groups in total. The van der Waals surface area contributed by atoms with Gasteiger partial charge < -0.3 is 15.7 Å². The Kier molecular flexibility index (Phi) is 3.20. The summed E-state index contributed by atoms with van der Waals surface area (Å²) < 4.78 is 1.51. The summed E-state index contributed by atoms with van der Waals surface area (Å²) in [5, 5.41) is 14.7. The van der Waals surface area contributed by atoms with Gasteiger partial charge in [0, 0.05) is 26.1 Å². The number of fused-ring (bicyclic) bond motifs is 1. The molecule has 1 aliphatic carbocycles. The van der Waals surface area contributed by atoms with Crippen LogP contribution in [0, 0.1) is 5.92 Å². The molecule has 0 radical (unpaired) electrons. The van der Waals surface area contributed by atoms with E-state index < -0.39 is 5.60 Å². The molecule has 1 saturated heterocycles. The molecule has 2 aliphatic rings. The third-order valence-electron chi connectivity index (χ3n) is 4.93. The van der Waals surface area contributed by atoms with Crippen LogP contribution in [0.5, 0.6) is 0 Å². The average molecular weight is 278 g/mol. The molecule has 1 aliphatic heterocycles. The molecule has 2 fully saturated rings. The first-order chi connectivity index (χ1) is 9.51. The van der Waals surface area contributed by atoms with E-state index in [0.717, 1.165) is 25.7 Å². The van der Waals surface area contributed by atoms with E-state index >= 15 is 0 Å². The SMILES string of the molecule is Cn1ncc(C(=O)N2CCC3(O)CCCCC3C2)c1N. The second-order valence-corrected chi connectivity index (χ2v) is 6.11. The highest BCUT2D eigenvalue weighted by Gasteiger charge is 2.44. The molecule has 2 heterocycles. The van der Waals surface area contributed by atoms with E-state index in [2.05, 4.69) is 5.10 Å². The van der Waals surface area contributed by atoms with Gasteiger partial charge in [-0.3, -0.25) is 9.48 Å². The molecular formula is C14H22N4O2. The minimum atomic E-state index is -0.560. The maximum Gasteiger partial charge on any atom is 0.259 e. The fourth-order valence-electron chi connectivity index (χ4n) is 3.54. The predicted octanol–water partition coefficient (Wildman–Crippen LogP) is 0.769. The van der Waals surface area contributed by atoms with Crippen molar-refractivity contribution in [3.63, 3.8) is 0 Å². The van der Waals surface area contributed by atoms with E-state index in [9.17, 15) is 9.90 Å². The molecule has 1 aromatic rings. The Labute approximate surface area is 118 Å².